The van der Waals surface area contributed by atoms with Crippen LogP contribution in [0.5, 0.6) is 0 Å². The summed E-state index contributed by atoms with van der Waals surface area (Å²) in [5, 5.41) is 5.91. The van der Waals surface area contributed by atoms with Crippen molar-refractivity contribution in [1.29, 1.82) is 0 Å². The lowest BCUT2D eigenvalue weighted by molar-refractivity contribution is -0.116. The summed E-state index contributed by atoms with van der Waals surface area (Å²) in [6.45, 7) is 2.57. The van der Waals surface area contributed by atoms with E-state index in [2.05, 4.69) is 10.3 Å². The summed E-state index contributed by atoms with van der Waals surface area (Å²) in [7, 11) is 0. The van der Waals surface area contributed by atoms with Gasteiger partial charge >= 0.3 is 0 Å². The zero-order valence-electron chi connectivity index (χ0n) is 11.3. The highest BCUT2D eigenvalue weighted by Crippen LogP contribution is 2.08. The second-order valence-electron chi connectivity index (χ2n) is 4.40. The zero-order valence-corrected chi connectivity index (χ0v) is 12.1. The number of aryl methyl sites for hydroxylation is 1. The van der Waals surface area contributed by atoms with Gasteiger partial charge in [-0.3, -0.25) is 4.79 Å². The van der Waals surface area contributed by atoms with E-state index in [1.165, 1.54) is 6.08 Å². The predicted octanol–water partition coefficient (Wildman–Crippen LogP) is 2.41. The lowest BCUT2D eigenvalue weighted by atomic mass is 10.2. The number of benzene rings is 1. The van der Waals surface area contributed by atoms with Gasteiger partial charge in [0.05, 0.1) is 10.7 Å². The molecule has 3 N–H and O–H groups in total. The molecule has 0 spiro atoms. The van der Waals surface area contributed by atoms with Crippen molar-refractivity contribution in [2.45, 2.75) is 13.3 Å². The van der Waals surface area contributed by atoms with Crippen molar-refractivity contribution in [3.8, 4) is 0 Å². The summed E-state index contributed by atoms with van der Waals surface area (Å²) in [6.07, 6.45) is 4.05. The van der Waals surface area contributed by atoms with Crippen molar-refractivity contribution in [3.63, 3.8) is 0 Å². The van der Waals surface area contributed by atoms with Crippen molar-refractivity contribution >= 4 is 29.0 Å². The number of rotatable bonds is 5. The smallest absolute Gasteiger partial charge is 0.244 e. The molecule has 104 valence electrons. The molecule has 2 aromatic rings. The second-order valence-corrected chi connectivity index (χ2v) is 5.46. The Labute approximate surface area is 122 Å². The third-order valence-corrected chi connectivity index (χ3v) is 3.53. The molecular weight excluding hydrogens is 270 g/mol. The molecule has 0 aliphatic heterocycles. The number of hydrogen-bond donors (Lipinski definition) is 2. The Bertz CT molecular complexity index is 602. The molecule has 0 aliphatic rings. The van der Waals surface area contributed by atoms with Crippen LogP contribution in [0, 0.1) is 6.92 Å². The maximum atomic E-state index is 11.6. The topological polar surface area (TPSA) is 68.0 Å². The number of nitrogens with two attached hydrogens (primary N) is 1. The first-order chi connectivity index (χ1) is 9.63. The first kappa shape index (κ1) is 14.3. The first-order valence-corrected chi connectivity index (χ1v) is 7.24. The average molecular weight is 287 g/mol. The summed E-state index contributed by atoms with van der Waals surface area (Å²) in [5.41, 5.74) is 8.28. The van der Waals surface area contributed by atoms with Gasteiger partial charge in [-0.15, -0.1) is 11.3 Å². The van der Waals surface area contributed by atoms with Crippen molar-refractivity contribution < 1.29 is 4.79 Å². The summed E-state index contributed by atoms with van der Waals surface area (Å²) in [6, 6.07) is 7.36. The minimum absolute atomic E-state index is 0.103. The van der Waals surface area contributed by atoms with Gasteiger partial charge in [-0.25, -0.2) is 4.98 Å². The fourth-order valence-corrected chi connectivity index (χ4v) is 2.32. The van der Waals surface area contributed by atoms with Crippen LogP contribution in [-0.2, 0) is 11.2 Å². The molecule has 2 rings (SSSR count). The van der Waals surface area contributed by atoms with Crippen LogP contribution >= 0.6 is 11.3 Å². The van der Waals surface area contributed by atoms with E-state index < -0.39 is 0 Å². The van der Waals surface area contributed by atoms with E-state index in [0.29, 0.717) is 12.2 Å². The third-order valence-electron chi connectivity index (χ3n) is 2.71. The largest absolute Gasteiger partial charge is 0.399 e. The summed E-state index contributed by atoms with van der Waals surface area (Å²) in [4.78, 5) is 16.0. The van der Waals surface area contributed by atoms with Crippen molar-refractivity contribution in [2.75, 3.05) is 12.3 Å². The Morgan fingerprint density at radius 1 is 1.40 bits per heavy atom. The van der Waals surface area contributed by atoms with Crippen LogP contribution in [0.25, 0.3) is 6.08 Å². The van der Waals surface area contributed by atoms with Crippen LogP contribution in [-0.4, -0.2) is 17.4 Å². The maximum absolute atomic E-state index is 11.6. The quantitative estimate of drug-likeness (QED) is 0.655. The normalized spacial score (nSPS) is 10.8. The molecular formula is C15H17N3OS. The van der Waals surface area contributed by atoms with Gasteiger partial charge in [0.25, 0.3) is 0 Å². The van der Waals surface area contributed by atoms with Gasteiger partial charge in [0, 0.05) is 30.1 Å². The first-order valence-electron chi connectivity index (χ1n) is 6.36. The molecule has 1 aromatic carbocycles. The van der Waals surface area contributed by atoms with E-state index >= 15 is 0 Å². The van der Waals surface area contributed by atoms with Gasteiger partial charge in [0.2, 0.25) is 5.91 Å². The van der Waals surface area contributed by atoms with E-state index in [9.17, 15) is 4.79 Å². The molecule has 5 heteroatoms. The average Bonchev–Trinajstić information content (AvgIpc) is 2.84. The van der Waals surface area contributed by atoms with E-state index in [0.717, 1.165) is 22.7 Å². The van der Waals surface area contributed by atoms with E-state index in [4.69, 9.17) is 5.73 Å². The number of amides is 1. The van der Waals surface area contributed by atoms with Crippen LogP contribution in [0.3, 0.4) is 0 Å². The Morgan fingerprint density at radius 3 is 2.80 bits per heavy atom. The molecule has 0 aliphatic carbocycles. The van der Waals surface area contributed by atoms with E-state index in [1.54, 1.807) is 17.4 Å². The van der Waals surface area contributed by atoms with Crippen LogP contribution < -0.4 is 11.1 Å². The molecule has 20 heavy (non-hydrogen) atoms. The fraction of sp³-hybridized carbons (Fsp3) is 0.200. The van der Waals surface area contributed by atoms with Gasteiger partial charge < -0.3 is 11.1 Å². The number of nitrogens with zero attached hydrogens (tertiary/aromatic N) is 1. The van der Waals surface area contributed by atoms with Crippen LogP contribution in [0.4, 0.5) is 5.69 Å². The monoisotopic (exact) mass is 287 g/mol. The Morgan fingerprint density at radius 2 is 2.15 bits per heavy atom. The second kappa shape index (κ2) is 6.86. The highest BCUT2D eigenvalue weighted by atomic mass is 32.1. The van der Waals surface area contributed by atoms with Crippen LogP contribution in [0.2, 0.25) is 0 Å². The molecule has 0 unspecified atom stereocenters. The minimum atomic E-state index is -0.103. The molecule has 0 radical (unpaired) electrons. The summed E-state index contributed by atoms with van der Waals surface area (Å²) < 4.78 is 0. The number of nitrogens with one attached hydrogen (secondary N) is 1. The van der Waals surface area contributed by atoms with Gasteiger partial charge in [-0.2, -0.15) is 0 Å². The Hall–Kier alpha value is -2.14. The number of hydrogen-bond acceptors (Lipinski definition) is 4. The number of carbonyl (C=O) groups is 1. The molecule has 4 nitrogen and oxygen atoms in total. The Kier molecular flexibility index (Phi) is 4.90. The molecule has 0 bridgehead atoms. The third kappa shape index (κ3) is 4.51. The van der Waals surface area contributed by atoms with Crippen LogP contribution in [0.15, 0.2) is 35.7 Å². The standard InChI is InChI=1S/C15H17N3OS/c1-11-18-14(10-20-11)8-9-17-15(19)7-4-12-2-5-13(16)6-3-12/h2-7,10H,8-9,16H2,1H3,(H,17,19)/b7-4+. The Balaban J connectivity index is 1.76. The molecule has 0 fully saturated rings. The van der Waals surface area contributed by atoms with Crippen molar-refractivity contribution in [2.24, 2.45) is 0 Å². The summed E-state index contributed by atoms with van der Waals surface area (Å²) >= 11 is 1.62. The number of anilines is 1. The predicted molar refractivity (Wildman–Crippen MR) is 83.5 cm³/mol. The molecule has 0 saturated carbocycles. The number of thiazole rings is 1. The number of nitrogen functional groups attached to an aromatic ring is 1. The van der Waals surface area contributed by atoms with Gasteiger partial charge in [-0.05, 0) is 30.7 Å². The SMILES string of the molecule is Cc1nc(CCNC(=O)/C=C/c2ccc(N)cc2)cs1. The van der Waals surface area contributed by atoms with Gasteiger partial charge in [0.1, 0.15) is 0 Å². The minimum Gasteiger partial charge on any atom is -0.399 e. The fourth-order valence-electron chi connectivity index (χ4n) is 1.67. The van der Waals surface area contributed by atoms with Gasteiger partial charge in [-0.1, -0.05) is 12.1 Å². The molecule has 1 aromatic heterocycles. The van der Waals surface area contributed by atoms with Crippen molar-refractivity contribution in [1.82, 2.24) is 10.3 Å². The van der Waals surface area contributed by atoms with Crippen LogP contribution in [0.1, 0.15) is 16.3 Å². The molecule has 0 atom stereocenters. The molecule has 1 amide bonds. The van der Waals surface area contributed by atoms with E-state index in [1.807, 2.05) is 36.6 Å². The molecule has 0 saturated heterocycles. The maximum Gasteiger partial charge on any atom is 0.244 e. The lowest BCUT2D eigenvalue weighted by Crippen LogP contribution is -2.23. The van der Waals surface area contributed by atoms with E-state index in [-0.39, 0.29) is 5.91 Å². The summed E-state index contributed by atoms with van der Waals surface area (Å²) in [5.74, 6) is -0.103. The highest BCUT2D eigenvalue weighted by Gasteiger charge is 1.99. The van der Waals surface area contributed by atoms with Gasteiger partial charge in [0.15, 0.2) is 0 Å². The highest BCUT2D eigenvalue weighted by molar-refractivity contribution is 7.09. The lowest BCUT2D eigenvalue weighted by Gasteiger charge is -2.00. The number of aromatic nitrogens is 1. The molecule has 1 heterocycles. The van der Waals surface area contributed by atoms with Crippen molar-refractivity contribution in [3.05, 3.63) is 52.0 Å². The zero-order chi connectivity index (χ0) is 14.4. The number of carbonyl (C=O) groups excluding carboxylic acids is 1.